The zero-order chi connectivity index (χ0) is 23.5. The van der Waals surface area contributed by atoms with Crippen LogP contribution in [0.15, 0.2) is 88.3 Å². The molecule has 1 aliphatic heterocycles. The number of ether oxygens (including phenoxy) is 1. The number of para-hydroxylation sites is 1. The molecule has 174 valence electrons. The Morgan fingerprint density at radius 3 is 2.38 bits per heavy atom. The summed E-state index contributed by atoms with van der Waals surface area (Å²) in [5.41, 5.74) is 1.82. The van der Waals surface area contributed by atoms with Gasteiger partial charge in [0, 0.05) is 18.7 Å². The van der Waals surface area contributed by atoms with Crippen LogP contribution in [0, 0.1) is 6.92 Å². The lowest BCUT2D eigenvalue weighted by Gasteiger charge is -2.30. The molecule has 2 heterocycles. The number of nitrogens with zero attached hydrogens (tertiary/aromatic N) is 3. The first-order valence-corrected chi connectivity index (χ1v) is 12.7. The molecule has 4 aromatic rings. The van der Waals surface area contributed by atoms with Gasteiger partial charge < -0.3 is 9.26 Å². The fraction of sp³-hybridized carbons (Fsp3) is 0.231. The molecule has 0 unspecified atom stereocenters. The zero-order valence-electron chi connectivity index (χ0n) is 18.8. The van der Waals surface area contributed by atoms with Crippen LogP contribution in [0.25, 0.3) is 11.4 Å². The number of aromatic nitrogens is 2. The third-order valence-corrected chi connectivity index (χ3v) is 7.80. The monoisotopic (exact) mass is 475 g/mol. The third-order valence-electron chi connectivity index (χ3n) is 5.93. The van der Waals surface area contributed by atoms with Crippen LogP contribution in [0.2, 0.25) is 0 Å². The van der Waals surface area contributed by atoms with Crippen LogP contribution < -0.4 is 4.74 Å². The van der Waals surface area contributed by atoms with Crippen molar-refractivity contribution in [1.29, 1.82) is 0 Å². The number of hydrogen-bond acceptors (Lipinski definition) is 6. The summed E-state index contributed by atoms with van der Waals surface area (Å²) >= 11 is 0. The van der Waals surface area contributed by atoms with Crippen molar-refractivity contribution in [1.82, 2.24) is 14.4 Å². The molecule has 3 aromatic carbocycles. The van der Waals surface area contributed by atoms with Crippen LogP contribution >= 0.6 is 0 Å². The summed E-state index contributed by atoms with van der Waals surface area (Å²) in [7, 11) is -3.57. The van der Waals surface area contributed by atoms with E-state index in [1.54, 1.807) is 12.1 Å². The Morgan fingerprint density at radius 1 is 0.941 bits per heavy atom. The standard InChI is InChI=1S/C26H25N3O4S/c1-19-9-15-24(16-10-19)34(30,31)29-17-5-6-21(18-29)26-27-25(28-33-26)20-11-13-23(14-12-20)32-22-7-3-2-4-8-22/h2-4,7-16,21H,5-6,17-18H2,1H3/t21-/m1/s1. The minimum Gasteiger partial charge on any atom is -0.457 e. The predicted molar refractivity (Wildman–Crippen MR) is 128 cm³/mol. The summed E-state index contributed by atoms with van der Waals surface area (Å²) in [6.45, 7) is 2.74. The molecule has 0 spiro atoms. The lowest BCUT2D eigenvalue weighted by Crippen LogP contribution is -2.39. The van der Waals surface area contributed by atoms with Crippen molar-refractivity contribution >= 4 is 10.0 Å². The van der Waals surface area contributed by atoms with Gasteiger partial charge in [0.2, 0.25) is 21.7 Å². The van der Waals surface area contributed by atoms with Gasteiger partial charge in [-0.15, -0.1) is 0 Å². The highest BCUT2D eigenvalue weighted by Crippen LogP contribution is 2.31. The molecule has 1 atom stereocenters. The molecule has 0 radical (unpaired) electrons. The zero-order valence-corrected chi connectivity index (χ0v) is 19.6. The normalized spacial score (nSPS) is 16.9. The molecule has 1 aliphatic rings. The van der Waals surface area contributed by atoms with Crippen molar-refractivity contribution in [3.63, 3.8) is 0 Å². The van der Waals surface area contributed by atoms with Crippen molar-refractivity contribution in [2.75, 3.05) is 13.1 Å². The lowest BCUT2D eigenvalue weighted by molar-refractivity contribution is 0.265. The maximum Gasteiger partial charge on any atom is 0.243 e. The Morgan fingerprint density at radius 2 is 1.65 bits per heavy atom. The highest BCUT2D eigenvalue weighted by atomic mass is 32.2. The minimum atomic E-state index is -3.57. The van der Waals surface area contributed by atoms with Gasteiger partial charge >= 0.3 is 0 Å². The summed E-state index contributed by atoms with van der Waals surface area (Å²) in [5, 5.41) is 4.14. The van der Waals surface area contributed by atoms with Gasteiger partial charge in [0.25, 0.3) is 0 Å². The summed E-state index contributed by atoms with van der Waals surface area (Å²) in [6, 6.07) is 24.0. The van der Waals surface area contributed by atoms with Crippen molar-refractivity contribution in [3.05, 3.63) is 90.3 Å². The van der Waals surface area contributed by atoms with Gasteiger partial charge in [0.15, 0.2) is 0 Å². The van der Waals surface area contributed by atoms with Gasteiger partial charge in [-0.05, 0) is 68.3 Å². The minimum absolute atomic E-state index is 0.143. The fourth-order valence-corrected chi connectivity index (χ4v) is 5.56. The van der Waals surface area contributed by atoms with Crippen LogP contribution in [-0.4, -0.2) is 36.0 Å². The van der Waals surface area contributed by atoms with Crippen LogP contribution in [0.3, 0.4) is 0 Å². The Kier molecular flexibility index (Phi) is 6.17. The highest BCUT2D eigenvalue weighted by Gasteiger charge is 2.33. The number of sulfonamides is 1. The Bertz CT molecular complexity index is 1350. The maximum absolute atomic E-state index is 13.1. The van der Waals surface area contributed by atoms with Crippen molar-refractivity contribution in [3.8, 4) is 22.9 Å². The third kappa shape index (κ3) is 4.73. The number of piperidine rings is 1. The molecule has 0 aliphatic carbocycles. The van der Waals surface area contributed by atoms with Crippen molar-refractivity contribution < 1.29 is 17.7 Å². The fourth-order valence-electron chi connectivity index (χ4n) is 4.04. The second-order valence-electron chi connectivity index (χ2n) is 8.41. The van der Waals surface area contributed by atoms with Gasteiger partial charge in [-0.1, -0.05) is 41.1 Å². The first-order chi connectivity index (χ1) is 16.5. The van der Waals surface area contributed by atoms with E-state index in [0.29, 0.717) is 35.4 Å². The first-order valence-electron chi connectivity index (χ1n) is 11.2. The molecule has 5 rings (SSSR count). The largest absolute Gasteiger partial charge is 0.457 e. The van der Waals surface area contributed by atoms with E-state index in [2.05, 4.69) is 10.1 Å². The first kappa shape index (κ1) is 22.3. The second kappa shape index (κ2) is 9.40. The predicted octanol–water partition coefficient (Wildman–Crippen LogP) is 5.41. The molecule has 34 heavy (non-hydrogen) atoms. The summed E-state index contributed by atoms with van der Waals surface area (Å²) in [6.07, 6.45) is 1.53. The maximum atomic E-state index is 13.1. The van der Waals surface area contributed by atoms with E-state index in [9.17, 15) is 8.42 Å². The molecule has 0 bridgehead atoms. The van der Waals surface area contributed by atoms with Gasteiger partial charge in [0.05, 0.1) is 10.8 Å². The second-order valence-corrected chi connectivity index (χ2v) is 10.3. The van der Waals surface area contributed by atoms with Crippen LogP contribution in [0.1, 0.15) is 30.2 Å². The van der Waals surface area contributed by atoms with E-state index >= 15 is 0 Å². The van der Waals surface area contributed by atoms with Crippen LogP contribution in [0.5, 0.6) is 11.5 Å². The van der Waals surface area contributed by atoms with Crippen molar-refractivity contribution in [2.45, 2.75) is 30.6 Å². The van der Waals surface area contributed by atoms with Gasteiger partial charge in [0.1, 0.15) is 11.5 Å². The molecule has 7 nitrogen and oxygen atoms in total. The Hall–Kier alpha value is -3.49. The number of rotatable bonds is 6. The molecule has 0 amide bonds. The molecule has 1 saturated heterocycles. The van der Waals surface area contributed by atoms with Crippen LogP contribution in [0.4, 0.5) is 0 Å². The molecule has 0 N–H and O–H groups in total. The number of aryl methyl sites for hydroxylation is 1. The van der Waals surface area contributed by atoms with Gasteiger partial charge in [-0.2, -0.15) is 9.29 Å². The summed E-state index contributed by atoms with van der Waals surface area (Å²) in [4.78, 5) is 4.89. The highest BCUT2D eigenvalue weighted by molar-refractivity contribution is 7.89. The average Bonchev–Trinajstić information content (AvgIpc) is 3.36. The molecule has 0 saturated carbocycles. The lowest BCUT2D eigenvalue weighted by atomic mass is 10.00. The molecule has 1 aromatic heterocycles. The molecule has 1 fully saturated rings. The van der Waals surface area contributed by atoms with Gasteiger partial charge in [-0.3, -0.25) is 0 Å². The van der Waals surface area contributed by atoms with E-state index in [4.69, 9.17) is 9.26 Å². The van der Waals surface area contributed by atoms with E-state index in [0.717, 1.165) is 29.7 Å². The molecule has 8 heteroatoms. The topological polar surface area (TPSA) is 85.5 Å². The summed E-state index contributed by atoms with van der Waals surface area (Å²) < 4.78 is 39.1. The SMILES string of the molecule is Cc1ccc(S(=O)(=O)N2CCC[C@@H](c3nc(-c4ccc(Oc5ccccc5)cc4)no3)C2)cc1. The summed E-state index contributed by atoms with van der Waals surface area (Å²) in [5.74, 6) is 2.27. The molecular weight excluding hydrogens is 450 g/mol. The van der Waals surface area contributed by atoms with E-state index in [1.807, 2.05) is 73.7 Å². The van der Waals surface area contributed by atoms with Crippen molar-refractivity contribution in [2.24, 2.45) is 0 Å². The molecular formula is C26H25N3O4S. The number of hydrogen-bond donors (Lipinski definition) is 0. The Labute approximate surface area is 199 Å². The Balaban J connectivity index is 1.29. The van der Waals surface area contributed by atoms with E-state index in [1.165, 1.54) is 4.31 Å². The average molecular weight is 476 g/mol. The van der Waals surface area contributed by atoms with E-state index < -0.39 is 10.0 Å². The number of benzene rings is 3. The van der Waals surface area contributed by atoms with Crippen LogP contribution in [-0.2, 0) is 10.0 Å². The quantitative estimate of drug-likeness (QED) is 0.371. The smallest absolute Gasteiger partial charge is 0.243 e. The van der Waals surface area contributed by atoms with Gasteiger partial charge in [-0.25, -0.2) is 8.42 Å². The van der Waals surface area contributed by atoms with E-state index in [-0.39, 0.29) is 5.92 Å².